The van der Waals surface area contributed by atoms with Crippen molar-refractivity contribution in [2.45, 2.75) is 26.3 Å². The van der Waals surface area contributed by atoms with Crippen molar-refractivity contribution in [2.75, 3.05) is 19.3 Å². The fourth-order valence-corrected chi connectivity index (χ4v) is 1.64. The summed E-state index contributed by atoms with van der Waals surface area (Å²) in [4.78, 5) is 25.2. The zero-order valence-corrected chi connectivity index (χ0v) is 12.0. The summed E-state index contributed by atoms with van der Waals surface area (Å²) >= 11 is 0. The third-order valence-electron chi connectivity index (χ3n) is 2.41. The van der Waals surface area contributed by atoms with Gasteiger partial charge in [0.1, 0.15) is 5.69 Å². The summed E-state index contributed by atoms with van der Waals surface area (Å²) in [7, 11) is 3.18. The molecule has 2 amide bonds. The third kappa shape index (κ3) is 3.97. The lowest BCUT2D eigenvalue weighted by atomic mass is 10.1. The highest BCUT2D eigenvalue weighted by atomic mass is 16.2. The van der Waals surface area contributed by atoms with Crippen molar-refractivity contribution in [1.82, 2.24) is 20.0 Å². The smallest absolute Gasteiger partial charge is 0.274 e. The van der Waals surface area contributed by atoms with E-state index in [0.717, 1.165) is 0 Å². The number of carbonyl (C=O) groups is 2. The highest BCUT2D eigenvalue weighted by Gasteiger charge is 2.22. The van der Waals surface area contributed by atoms with Crippen molar-refractivity contribution >= 4 is 17.5 Å². The summed E-state index contributed by atoms with van der Waals surface area (Å²) in [5.41, 5.74) is 5.94. The van der Waals surface area contributed by atoms with Gasteiger partial charge in [-0.2, -0.15) is 5.10 Å². The topological polar surface area (TPSA) is 93.2 Å². The Balaban J connectivity index is 2.72. The molecule has 0 unspecified atom stereocenters. The molecule has 3 N–H and O–H groups in total. The van der Waals surface area contributed by atoms with Gasteiger partial charge in [0.2, 0.25) is 5.91 Å². The Labute approximate surface area is 112 Å². The quantitative estimate of drug-likeness (QED) is 0.805. The maximum Gasteiger partial charge on any atom is 0.274 e. The molecular weight excluding hydrogens is 246 g/mol. The molecule has 0 saturated carbocycles. The first-order valence-corrected chi connectivity index (χ1v) is 5.96. The van der Waals surface area contributed by atoms with Crippen molar-refractivity contribution in [3.05, 3.63) is 11.9 Å². The minimum Gasteiger partial charge on any atom is -0.396 e. The molecule has 1 heterocycles. The highest BCUT2D eigenvalue weighted by Crippen LogP contribution is 2.11. The van der Waals surface area contributed by atoms with E-state index in [-0.39, 0.29) is 29.6 Å². The number of nitrogen functional groups attached to an aromatic ring is 1. The van der Waals surface area contributed by atoms with Crippen molar-refractivity contribution in [3.63, 3.8) is 0 Å². The molecule has 0 atom stereocenters. The number of rotatable bonds is 3. The van der Waals surface area contributed by atoms with Crippen LogP contribution in [0.25, 0.3) is 0 Å². The number of hydrogen-bond acceptors (Lipinski definition) is 4. The van der Waals surface area contributed by atoms with Gasteiger partial charge in [-0.1, -0.05) is 0 Å². The number of amides is 2. The molecule has 7 heteroatoms. The number of anilines is 1. The minimum atomic E-state index is -0.332. The number of aryl methyl sites for hydroxylation is 1. The van der Waals surface area contributed by atoms with Crippen LogP contribution in [0, 0.1) is 0 Å². The largest absolute Gasteiger partial charge is 0.396 e. The number of nitrogens with one attached hydrogen (secondary N) is 1. The van der Waals surface area contributed by atoms with E-state index in [4.69, 9.17) is 5.73 Å². The number of hydrogen-bond donors (Lipinski definition) is 2. The van der Waals surface area contributed by atoms with Gasteiger partial charge in [-0.15, -0.1) is 0 Å². The summed E-state index contributed by atoms with van der Waals surface area (Å²) in [5.74, 6) is -0.550. The highest BCUT2D eigenvalue weighted by molar-refractivity contribution is 5.99. The van der Waals surface area contributed by atoms with Crippen LogP contribution in [0.2, 0.25) is 0 Å². The maximum absolute atomic E-state index is 12.2. The molecule has 0 bridgehead atoms. The Hall–Kier alpha value is -2.05. The molecule has 0 aromatic carbocycles. The van der Waals surface area contributed by atoms with Gasteiger partial charge >= 0.3 is 0 Å². The van der Waals surface area contributed by atoms with Crippen molar-refractivity contribution < 1.29 is 9.59 Å². The van der Waals surface area contributed by atoms with Crippen LogP contribution in [0.1, 0.15) is 31.3 Å². The van der Waals surface area contributed by atoms with Gasteiger partial charge in [-0.3, -0.25) is 14.3 Å². The molecule has 19 heavy (non-hydrogen) atoms. The predicted molar refractivity (Wildman–Crippen MR) is 72.5 cm³/mol. The molecule has 0 fully saturated rings. The number of aromatic nitrogens is 2. The van der Waals surface area contributed by atoms with Crippen LogP contribution in [-0.4, -0.2) is 45.6 Å². The molecule has 0 saturated heterocycles. The average Bonchev–Trinajstić information content (AvgIpc) is 2.54. The molecule has 0 aliphatic rings. The van der Waals surface area contributed by atoms with Crippen molar-refractivity contribution in [3.8, 4) is 0 Å². The molecule has 0 spiro atoms. The van der Waals surface area contributed by atoms with Crippen LogP contribution in [0.3, 0.4) is 0 Å². The van der Waals surface area contributed by atoms with Gasteiger partial charge < -0.3 is 16.0 Å². The lowest BCUT2D eigenvalue weighted by Gasteiger charge is -2.23. The Bertz CT molecular complexity index is 467. The molecule has 0 aliphatic heterocycles. The van der Waals surface area contributed by atoms with Gasteiger partial charge in [0, 0.05) is 19.6 Å². The molecule has 1 aromatic rings. The van der Waals surface area contributed by atoms with Crippen LogP contribution < -0.4 is 11.1 Å². The van der Waals surface area contributed by atoms with E-state index in [2.05, 4.69) is 10.4 Å². The number of likely N-dealkylation sites (N-methyl/N-ethyl adjacent to an activating group) is 1. The standard InChI is InChI=1S/C12H21N5O2/c1-12(2,3)15-9(18)7-16(4)11(19)10-8(13)6-14-17(10)5/h6H,7,13H2,1-5H3,(H,15,18). The first-order chi connectivity index (χ1) is 8.61. The zero-order chi connectivity index (χ0) is 14.8. The van der Waals surface area contributed by atoms with Crippen LogP contribution in [0.15, 0.2) is 6.20 Å². The van der Waals surface area contributed by atoms with E-state index in [1.54, 1.807) is 14.1 Å². The normalized spacial score (nSPS) is 11.2. The van der Waals surface area contributed by atoms with Gasteiger partial charge in [0.25, 0.3) is 5.91 Å². The first-order valence-electron chi connectivity index (χ1n) is 5.96. The molecule has 1 rings (SSSR count). The third-order valence-corrected chi connectivity index (χ3v) is 2.41. The van der Waals surface area contributed by atoms with Crippen LogP contribution >= 0.6 is 0 Å². The number of nitrogens with two attached hydrogens (primary N) is 1. The predicted octanol–water partition coefficient (Wildman–Crippen LogP) is -0.0110. The molecule has 1 aromatic heterocycles. The van der Waals surface area contributed by atoms with Crippen LogP contribution in [-0.2, 0) is 11.8 Å². The maximum atomic E-state index is 12.2. The lowest BCUT2D eigenvalue weighted by Crippen LogP contribution is -2.46. The number of carbonyl (C=O) groups excluding carboxylic acids is 2. The fourth-order valence-electron chi connectivity index (χ4n) is 1.64. The SMILES string of the molecule is CN(CC(=O)NC(C)(C)C)C(=O)c1c(N)cnn1C. The second kappa shape index (κ2) is 5.29. The van der Waals surface area contributed by atoms with E-state index in [9.17, 15) is 9.59 Å². The second-order valence-corrected chi connectivity index (χ2v) is 5.53. The number of nitrogens with zero attached hydrogens (tertiary/aromatic N) is 3. The van der Waals surface area contributed by atoms with E-state index in [1.807, 2.05) is 20.8 Å². The molecule has 0 radical (unpaired) electrons. The minimum absolute atomic E-state index is 0.0271. The Kier molecular flexibility index (Phi) is 4.18. The van der Waals surface area contributed by atoms with Crippen LogP contribution in [0.4, 0.5) is 5.69 Å². The molecular formula is C12H21N5O2. The average molecular weight is 267 g/mol. The molecule has 106 valence electrons. The van der Waals surface area contributed by atoms with Gasteiger partial charge in [0.05, 0.1) is 18.4 Å². The summed E-state index contributed by atoms with van der Waals surface area (Å²) in [5, 5.41) is 6.69. The summed E-state index contributed by atoms with van der Waals surface area (Å²) < 4.78 is 1.40. The Morgan fingerprint density at radius 2 is 2.05 bits per heavy atom. The monoisotopic (exact) mass is 267 g/mol. The van der Waals surface area contributed by atoms with Gasteiger partial charge in [0.15, 0.2) is 0 Å². The Morgan fingerprint density at radius 3 is 2.47 bits per heavy atom. The van der Waals surface area contributed by atoms with Gasteiger partial charge in [-0.25, -0.2) is 0 Å². The summed E-state index contributed by atoms with van der Waals surface area (Å²) in [6.45, 7) is 5.62. The zero-order valence-electron chi connectivity index (χ0n) is 12.0. The second-order valence-electron chi connectivity index (χ2n) is 5.53. The lowest BCUT2D eigenvalue weighted by molar-refractivity contribution is -0.122. The molecule has 0 aliphatic carbocycles. The Morgan fingerprint density at radius 1 is 1.47 bits per heavy atom. The fraction of sp³-hybridized carbons (Fsp3) is 0.583. The summed E-state index contributed by atoms with van der Waals surface area (Å²) in [6.07, 6.45) is 1.41. The van der Waals surface area contributed by atoms with Crippen molar-refractivity contribution in [1.29, 1.82) is 0 Å². The van der Waals surface area contributed by atoms with E-state index < -0.39 is 0 Å². The molecule has 7 nitrogen and oxygen atoms in total. The van der Waals surface area contributed by atoms with Gasteiger partial charge in [-0.05, 0) is 20.8 Å². The van der Waals surface area contributed by atoms with E-state index >= 15 is 0 Å². The summed E-state index contributed by atoms with van der Waals surface area (Å²) in [6, 6.07) is 0. The first kappa shape index (κ1) is 15.0. The van der Waals surface area contributed by atoms with E-state index in [1.165, 1.54) is 15.8 Å². The van der Waals surface area contributed by atoms with Crippen molar-refractivity contribution in [2.24, 2.45) is 7.05 Å². The van der Waals surface area contributed by atoms with Crippen LogP contribution in [0.5, 0.6) is 0 Å². The van der Waals surface area contributed by atoms with E-state index in [0.29, 0.717) is 5.69 Å².